The van der Waals surface area contributed by atoms with E-state index < -0.39 is 29.3 Å². The van der Waals surface area contributed by atoms with Gasteiger partial charge in [0.25, 0.3) is 5.91 Å². The quantitative estimate of drug-likeness (QED) is 0.0686. The Labute approximate surface area is 307 Å². The molecule has 278 valence electrons. The van der Waals surface area contributed by atoms with E-state index in [0.29, 0.717) is 46.5 Å². The number of amides is 1. The second kappa shape index (κ2) is 17.1. The molecule has 0 aliphatic carbocycles. The summed E-state index contributed by atoms with van der Waals surface area (Å²) >= 11 is 1.12. The summed E-state index contributed by atoms with van der Waals surface area (Å²) in [4.78, 5) is 36.2. The van der Waals surface area contributed by atoms with Crippen LogP contribution in [0.25, 0.3) is 22.0 Å². The molecule has 2 heterocycles. The molecule has 5 aromatic rings. The summed E-state index contributed by atoms with van der Waals surface area (Å²) in [5.74, 6) is -2.32. The fourth-order valence-corrected chi connectivity index (χ4v) is 7.29. The van der Waals surface area contributed by atoms with Gasteiger partial charge in [0.15, 0.2) is 17.1 Å². The lowest BCUT2D eigenvalue weighted by Crippen LogP contribution is -2.43. The third kappa shape index (κ3) is 9.52. The van der Waals surface area contributed by atoms with Gasteiger partial charge in [-0.3, -0.25) is 14.4 Å². The number of benzene rings is 4. The van der Waals surface area contributed by atoms with Crippen molar-refractivity contribution < 1.29 is 36.3 Å². The molecule has 7 nitrogen and oxygen atoms in total. The Hall–Kier alpha value is -4.56. The zero-order valence-corrected chi connectivity index (χ0v) is 29.8. The zero-order valence-electron chi connectivity index (χ0n) is 29.0. The van der Waals surface area contributed by atoms with Crippen LogP contribution in [0.2, 0.25) is 0 Å². The molecule has 53 heavy (non-hydrogen) atoms. The first-order chi connectivity index (χ1) is 25.5. The van der Waals surface area contributed by atoms with Crippen molar-refractivity contribution in [3.05, 3.63) is 136 Å². The average Bonchev–Trinajstić information content (AvgIpc) is 3.16. The van der Waals surface area contributed by atoms with Crippen LogP contribution in [0.1, 0.15) is 29.5 Å². The maximum absolute atomic E-state index is 14.6. The van der Waals surface area contributed by atoms with E-state index in [1.54, 1.807) is 60.2 Å². The fourth-order valence-electron chi connectivity index (χ4n) is 6.26. The number of nitrogens with zero attached hydrogens (tertiary/aromatic N) is 3. The predicted molar refractivity (Wildman–Crippen MR) is 194 cm³/mol. The molecule has 1 aromatic heterocycles. The molecule has 4 aromatic carbocycles. The number of para-hydroxylation sites is 1. The molecule has 13 heteroatoms. The van der Waals surface area contributed by atoms with Crippen molar-refractivity contribution in [2.45, 2.75) is 49.0 Å². The van der Waals surface area contributed by atoms with Crippen molar-refractivity contribution in [3.63, 3.8) is 0 Å². The second-order valence-electron chi connectivity index (χ2n) is 12.8. The first kappa shape index (κ1) is 38.2. The van der Waals surface area contributed by atoms with Crippen molar-refractivity contribution in [1.82, 2.24) is 14.5 Å². The molecule has 0 radical (unpaired) electrons. The van der Waals surface area contributed by atoms with Crippen LogP contribution in [0.5, 0.6) is 0 Å². The number of aromatic nitrogens is 1. The predicted octanol–water partition coefficient (Wildman–Crippen LogP) is 8.33. The molecule has 1 amide bonds. The molecule has 0 saturated carbocycles. The van der Waals surface area contributed by atoms with E-state index in [0.717, 1.165) is 55.2 Å². The number of likely N-dealkylation sites (tertiary alicyclic amines) is 1. The summed E-state index contributed by atoms with van der Waals surface area (Å²) in [5.41, 5.74) is 1.67. The Bertz CT molecular complexity index is 2080. The van der Waals surface area contributed by atoms with Crippen LogP contribution in [0.4, 0.5) is 22.0 Å². The lowest BCUT2D eigenvalue weighted by Gasteiger charge is -2.34. The summed E-state index contributed by atoms with van der Waals surface area (Å²) in [6.45, 7) is 2.78. The van der Waals surface area contributed by atoms with Gasteiger partial charge in [-0.15, -0.1) is 11.8 Å². The number of thioether (sulfide) groups is 1. The number of hydrogen-bond acceptors (Lipinski definition) is 6. The molecule has 1 aliphatic rings. The van der Waals surface area contributed by atoms with Gasteiger partial charge in [0.05, 0.1) is 35.4 Å². The van der Waals surface area contributed by atoms with E-state index >= 15 is 0 Å². The molecular formula is C40H38F5N3O4S. The average molecular weight is 752 g/mol. The first-order valence-corrected chi connectivity index (χ1v) is 18.1. The summed E-state index contributed by atoms with van der Waals surface area (Å²) in [5, 5.41) is 2.13. The van der Waals surface area contributed by atoms with Crippen molar-refractivity contribution in [2.75, 3.05) is 33.4 Å². The molecule has 0 spiro atoms. The molecule has 0 bridgehead atoms. The summed E-state index contributed by atoms with van der Waals surface area (Å²) in [7, 11) is 1.66. The van der Waals surface area contributed by atoms with Gasteiger partial charge in [-0.25, -0.2) is 13.8 Å². The van der Waals surface area contributed by atoms with Crippen LogP contribution in [0.15, 0.2) is 107 Å². The van der Waals surface area contributed by atoms with Gasteiger partial charge in [-0.1, -0.05) is 60.7 Å². The van der Waals surface area contributed by atoms with E-state index in [4.69, 9.17) is 9.57 Å². The number of ether oxygens (including phenoxy) is 1. The first-order valence-electron chi connectivity index (χ1n) is 17.1. The van der Waals surface area contributed by atoms with Crippen LogP contribution in [0.3, 0.4) is 0 Å². The lowest BCUT2D eigenvalue weighted by molar-refractivity contribution is -0.217. The van der Waals surface area contributed by atoms with E-state index in [1.165, 1.54) is 35.4 Å². The van der Waals surface area contributed by atoms with Gasteiger partial charge >= 0.3 is 6.18 Å². The largest absolute Gasteiger partial charge is 0.416 e. The number of methoxy groups -OCH3 is 1. The summed E-state index contributed by atoms with van der Waals surface area (Å²) in [6, 6.07) is 24.3. The van der Waals surface area contributed by atoms with Gasteiger partial charge in [-0.2, -0.15) is 13.2 Å². The number of hydrogen-bond donors (Lipinski definition) is 0. The Kier molecular flexibility index (Phi) is 12.3. The van der Waals surface area contributed by atoms with Gasteiger partial charge in [0.2, 0.25) is 0 Å². The smallest absolute Gasteiger partial charge is 0.383 e. The minimum absolute atomic E-state index is 0.0166. The monoisotopic (exact) mass is 751 g/mol. The number of rotatable bonds is 13. The molecule has 0 atom stereocenters. The molecule has 1 aliphatic heterocycles. The van der Waals surface area contributed by atoms with Crippen molar-refractivity contribution in [2.24, 2.45) is 0 Å². The number of hydroxylamine groups is 2. The van der Waals surface area contributed by atoms with Gasteiger partial charge < -0.3 is 14.2 Å². The van der Waals surface area contributed by atoms with E-state index in [9.17, 15) is 31.5 Å². The van der Waals surface area contributed by atoms with Crippen molar-refractivity contribution in [1.29, 1.82) is 0 Å². The van der Waals surface area contributed by atoms with E-state index in [1.807, 2.05) is 0 Å². The number of fused-ring (bicyclic) bond motifs is 1. The summed E-state index contributed by atoms with van der Waals surface area (Å²) in [6.07, 6.45) is -3.32. The number of carbonyl (C=O) groups excluding carboxylic acids is 1. The molecule has 1 saturated heterocycles. The molecule has 0 N–H and O–H groups in total. The number of piperidine rings is 1. The third-order valence-electron chi connectivity index (χ3n) is 9.21. The van der Waals surface area contributed by atoms with Gasteiger partial charge in [0, 0.05) is 49.5 Å². The minimum atomic E-state index is -4.43. The molecule has 1 fully saturated rings. The standard InChI is InChI=1S/C40H38F5N3O4S/c1-51-22-21-46-19-17-32(18-20-46)52-48(24-27-9-11-28(12-10-27)29-13-15-31(16-14-29)40(43,44)45)37(50)25-47-35-8-3-2-6-33(35)36(49)23-38(47)53-26-30-5-4-7-34(41)39(30)42/h2-16,23,32H,17-22,24-26H2,1H3. The van der Waals surface area contributed by atoms with Crippen molar-refractivity contribution >= 4 is 28.6 Å². The van der Waals surface area contributed by atoms with E-state index in [-0.39, 0.29) is 35.9 Å². The van der Waals surface area contributed by atoms with Crippen LogP contribution < -0.4 is 5.43 Å². The highest BCUT2D eigenvalue weighted by Gasteiger charge is 2.30. The minimum Gasteiger partial charge on any atom is -0.383 e. The third-order valence-corrected chi connectivity index (χ3v) is 10.3. The highest BCUT2D eigenvalue weighted by atomic mass is 32.2. The lowest BCUT2D eigenvalue weighted by atomic mass is 10.0. The number of alkyl halides is 3. The fraction of sp³-hybridized carbons (Fsp3) is 0.300. The Morgan fingerprint density at radius 1 is 0.906 bits per heavy atom. The van der Waals surface area contributed by atoms with Gasteiger partial charge in [0.1, 0.15) is 6.54 Å². The molecular weight excluding hydrogens is 714 g/mol. The Morgan fingerprint density at radius 2 is 1.58 bits per heavy atom. The Balaban J connectivity index is 1.26. The summed E-state index contributed by atoms with van der Waals surface area (Å²) < 4.78 is 74.7. The van der Waals surface area contributed by atoms with Crippen LogP contribution in [0, 0.1) is 11.6 Å². The second-order valence-corrected chi connectivity index (χ2v) is 13.8. The Morgan fingerprint density at radius 3 is 2.26 bits per heavy atom. The number of halogens is 5. The molecule has 0 unspecified atom stereocenters. The maximum atomic E-state index is 14.6. The topological polar surface area (TPSA) is 64.0 Å². The van der Waals surface area contributed by atoms with Crippen molar-refractivity contribution in [3.8, 4) is 11.1 Å². The van der Waals surface area contributed by atoms with E-state index in [2.05, 4.69) is 4.90 Å². The number of carbonyl (C=O) groups is 1. The highest BCUT2D eigenvalue weighted by molar-refractivity contribution is 7.98. The molecule has 6 rings (SSSR count). The maximum Gasteiger partial charge on any atom is 0.416 e. The van der Waals surface area contributed by atoms with Crippen LogP contribution >= 0.6 is 11.8 Å². The van der Waals surface area contributed by atoms with Crippen LogP contribution in [-0.2, 0) is 39.4 Å². The van der Waals surface area contributed by atoms with Crippen LogP contribution in [-0.4, -0.2) is 59.9 Å². The SMILES string of the molecule is COCCN1CCC(ON(Cc2ccc(-c3ccc(C(F)(F)F)cc3)cc2)C(=O)Cn2c(SCc3cccc(F)c3F)cc(=O)c3ccccc32)CC1. The van der Waals surface area contributed by atoms with Gasteiger partial charge in [-0.05, 0) is 59.9 Å². The number of pyridine rings is 1. The zero-order chi connectivity index (χ0) is 37.5. The highest BCUT2D eigenvalue weighted by Crippen LogP contribution is 2.32. The normalized spacial score (nSPS) is 14.2.